The third-order valence-corrected chi connectivity index (χ3v) is 4.47. The largest absolute Gasteiger partial charge is 0.352 e. The summed E-state index contributed by atoms with van der Waals surface area (Å²) in [6, 6.07) is 6.79. The third kappa shape index (κ3) is 4.07. The molecule has 1 aliphatic heterocycles. The molecule has 0 fully saturated rings. The normalized spacial score (nSPS) is 17.6. The molecule has 1 amide bonds. The molecule has 21 heavy (non-hydrogen) atoms. The number of amides is 1. The van der Waals surface area contributed by atoms with Crippen molar-refractivity contribution in [2.75, 3.05) is 13.1 Å². The predicted molar refractivity (Wildman–Crippen MR) is 87.6 cm³/mol. The first kappa shape index (κ1) is 16.0. The van der Waals surface area contributed by atoms with Gasteiger partial charge in [-0.2, -0.15) is 0 Å². The molecule has 0 bridgehead atoms. The molecule has 0 radical (unpaired) electrons. The molecule has 1 aromatic rings. The first-order chi connectivity index (χ1) is 10.2. The van der Waals surface area contributed by atoms with E-state index in [1.54, 1.807) is 0 Å². The van der Waals surface area contributed by atoms with Crippen LogP contribution in [0.5, 0.6) is 0 Å². The van der Waals surface area contributed by atoms with Crippen molar-refractivity contribution >= 4 is 5.91 Å². The molecule has 2 unspecified atom stereocenters. The lowest BCUT2D eigenvalue weighted by molar-refractivity contribution is 0.0956. The maximum atomic E-state index is 12.2. The van der Waals surface area contributed by atoms with Gasteiger partial charge in [0.15, 0.2) is 0 Å². The van der Waals surface area contributed by atoms with Gasteiger partial charge in [-0.05, 0) is 48.9 Å². The van der Waals surface area contributed by atoms with Gasteiger partial charge in [0, 0.05) is 18.2 Å². The highest BCUT2D eigenvalue weighted by Gasteiger charge is 2.19. The number of hydrogen-bond acceptors (Lipinski definition) is 2. The lowest BCUT2D eigenvalue weighted by Gasteiger charge is -2.22. The van der Waals surface area contributed by atoms with Gasteiger partial charge >= 0.3 is 0 Å². The van der Waals surface area contributed by atoms with Crippen LogP contribution < -0.4 is 10.6 Å². The van der Waals surface area contributed by atoms with Gasteiger partial charge in [0.25, 0.3) is 5.91 Å². The van der Waals surface area contributed by atoms with E-state index in [9.17, 15) is 4.79 Å². The van der Waals surface area contributed by atoms with E-state index in [2.05, 4.69) is 49.6 Å². The summed E-state index contributed by atoms with van der Waals surface area (Å²) in [5.74, 6) is 0.768. The number of fused-ring (bicyclic) bond motifs is 1. The molecule has 2 atom stereocenters. The fourth-order valence-electron chi connectivity index (χ4n) is 2.97. The quantitative estimate of drug-likeness (QED) is 0.842. The molecule has 0 saturated carbocycles. The van der Waals surface area contributed by atoms with Crippen molar-refractivity contribution in [1.29, 1.82) is 0 Å². The molecule has 2 rings (SSSR count). The first-order valence-electron chi connectivity index (χ1n) is 8.30. The number of aryl methyl sites for hydroxylation is 1. The molecule has 2 N–H and O–H groups in total. The number of rotatable bonds is 6. The molecule has 1 aliphatic rings. The average Bonchev–Trinajstić information content (AvgIpc) is 2.68. The molecular formula is C18H28N2O. The van der Waals surface area contributed by atoms with E-state index < -0.39 is 0 Å². The Bertz CT molecular complexity index is 484. The van der Waals surface area contributed by atoms with E-state index in [0.717, 1.165) is 37.9 Å². The number of hydrogen-bond donors (Lipinski definition) is 2. The standard InChI is InChI=1S/C18H28N2O/c1-4-13(3)11-17(19-5-2)15-9-8-14-7-6-10-20-18(21)16(14)12-15/h8-9,12-13,17,19H,4-7,10-11H2,1-3H3,(H,20,21). The van der Waals surface area contributed by atoms with Crippen LogP contribution in [-0.4, -0.2) is 19.0 Å². The topological polar surface area (TPSA) is 41.1 Å². The highest BCUT2D eigenvalue weighted by Crippen LogP contribution is 2.26. The summed E-state index contributed by atoms with van der Waals surface area (Å²) in [6.45, 7) is 8.40. The summed E-state index contributed by atoms with van der Waals surface area (Å²) in [5, 5.41) is 6.56. The van der Waals surface area contributed by atoms with Crippen molar-refractivity contribution in [3.05, 3.63) is 34.9 Å². The van der Waals surface area contributed by atoms with E-state index in [-0.39, 0.29) is 5.91 Å². The second-order valence-electron chi connectivity index (χ2n) is 6.14. The highest BCUT2D eigenvalue weighted by atomic mass is 16.1. The molecule has 3 heteroatoms. The predicted octanol–water partition coefficient (Wildman–Crippen LogP) is 3.45. The lowest BCUT2D eigenvalue weighted by atomic mass is 9.91. The molecule has 3 nitrogen and oxygen atoms in total. The van der Waals surface area contributed by atoms with Crippen molar-refractivity contribution < 1.29 is 4.79 Å². The number of benzene rings is 1. The third-order valence-electron chi connectivity index (χ3n) is 4.47. The Labute approximate surface area is 128 Å². The zero-order valence-electron chi connectivity index (χ0n) is 13.5. The second-order valence-corrected chi connectivity index (χ2v) is 6.14. The van der Waals surface area contributed by atoms with Crippen LogP contribution in [0, 0.1) is 5.92 Å². The second kappa shape index (κ2) is 7.60. The van der Waals surface area contributed by atoms with Crippen molar-refractivity contribution in [3.63, 3.8) is 0 Å². The summed E-state index contributed by atoms with van der Waals surface area (Å²) in [6.07, 6.45) is 4.32. The monoisotopic (exact) mass is 288 g/mol. The fourth-order valence-corrected chi connectivity index (χ4v) is 2.97. The van der Waals surface area contributed by atoms with E-state index in [4.69, 9.17) is 0 Å². The average molecular weight is 288 g/mol. The van der Waals surface area contributed by atoms with E-state index >= 15 is 0 Å². The van der Waals surface area contributed by atoms with Crippen molar-refractivity contribution in [2.45, 2.75) is 52.5 Å². The van der Waals surface area contributed by atoms with Crippen LogP contribution in [0.1, 0.15) is 67.6 Å². The highest BCUT2D eigenvalue weighted by molar-refractivity contribution is 5.96. The Balaban J connectivity index is 2.27. The molecule has 0 aromatic heterocycles. The van der Waals surface area contributed by atoms with Crippen LogP contribution in [0.3, 0.4) is 0 Å². The number of nitrogens with one attached hydrogen (secondary N) is 2. The van der Waals surface area contributed by atoms with Gasteiger partial charge in [0.05, 0.1) is 0 Å². The Morgan fingerprint density at radius 1 is 1.33 bits per heavy atom. The van der Waals surface area contributed by atoms with Crippen molar-refractivity contribution in [3.8, 4) is 0 Å². The summed E-state index contributed by atoms with van der Waals surface area (Å²) < 4.78 is 0. The molecule has 0 aliphatic carbocycles. The Kier molecular flexibility index (Phi) is 5.80. The van der Waals surface area contributed by atoms with E-state index in [0.29, 0.717) is 12.0 Å². The molecule has 1 heterocycles. The molecule has 1 aromatic carbocycles. The van der Waals surface area contributed by atoms with Crippen LogP contribution in [0.25, 0.3) is 0 Å². The smallest absolute Gasteiger partial charge is 0.251 e. The summed E-state index contributed by atoms with van der Waals surface area (Å²) in [7, 11) is 0. The van der Waals surface area contributed by atoms with Crippen molar-refractivity contribution in [1.82, 2.24) is 10.6 Å². The van der Waals surface area contributed by atoms with Crippen LogP contribution in [0.15, 0.2) is 18.2 Å². The van der Waals surface area contributed by atoms with Gasteiger partial charge in [-0.1, -0.05) is 39.3 Å². The molecule has 0 spiro atoms. The van der Waals surface area contributed by atoms with Crippen LogP contribution in [-0.2, 0) is 6.42 Å². The van der Waals surface area contributed by atoms with Crippen LogP contribution in [0.2, 0.25) is 0 Å². The Morgan fingerprint density at radius 3 is 2.86 bits per heavy atom. The van der Waals surface area contributed by atoms with Gasteiger partial charge in [-0.15, -0.1) is 0 Å². The summed E-state index contributed by atoms with van der Waals surface area (Å²) in [4.78, 5) is 12.2. The van der Waals surface area contributed by atoms with E-state index in [1.165, 1.54) is 17.5 Å². The van der Waals surface area contributed by atoms with Gasteiger partial charge in [-0.25, -0.2) is 0 Å². The van der Waals surface area contributed by atoms with Crippen LogP contribution >= 0.6 is 0 Å². The minimum Gasteiger partial charge on any atom is -0.352 e. The zero-order valence-corrected chi connectivity index (χ0v) is 13.5. The Morgan fingerprint density at radius 2 is 2.14 bits per heavy atom. The number of carbonyl (C=O) groups is 1. The zero-order chi connectivity index (χ0) is 15.2. The SMILES string of the molecule is CCNC(CC(C)CC)c1ccc2c(c1)C(=O)NCCC2. The van der Waals surface area contributed by atoms with Gasteiger partial charge in [0.2, 0.25) is 0 Å². The molecule has 0 saturated heterocycles. The maximum absolute atomic E-state index is 12.2. The molecular weight excluding hydrogens is 260 g/mol. The minimum absolute atomic E-state index is 0.0862. The van der Waals surface area contributed by atoms with Crippen molar-refractivity contribution in [2.24, 2.45) is 5.92 Å². The number of carbonyl (C=O) groups excluding carboxylic acids is 1. The summed E-state index contributed by atoms with van der Waals surface area (Å²) >= 11 is 0. The first-order valence-corrected chi connectivity index (χ1v) is 8.30. The van der Waals surface area contributed by atoms with E-state index in [1.807, 2.05) is 0 Å². The fraction of sp³-hybridized carbons (Fsp3) is 0.611. The molecule has 116 valence electrons. The lowest BCUT2D eigenvalue weighted by Crippen LogP contribution is -2.25. The maximum Gasteiger partial charge on any atom is 0.251 e. The van der Waals surface area contributed by atoms with Crippen LogP contribution in [0.4, 0.5) is 0 Å². The van der Waals surface area contributed by atoms with Gasteiger partial charge in [0.1, 0.15) is 0 Å². The minimum atomic E-state index is 0.0862. The van der Waals surface area contributed by atoms with Gasteiger partial charge < -0.3 is 10.6 Å². The Hall–Kier alpha value is -1.35. The van der Waals surface area contributed by atoms with Gasteiger partial charge in [-0.3, -0.25) is 4.79 Å². The summed E-state index contributed by atoms with van der Waals surface area (Å²) in [5.41, 5.74) is 3.30.